The van der Waals surface area contributed by atoms with Gasteiger partial charge in [-0.25, -0.2) is 9.59 Å². The zero-order valence-corrected chi connectivity index (χ0v) is 11.8. The van der Waals surface area contributed by atoms with Gasteiger partial charge >= 0.3 is 12.0 Å². The van der Waals surface area contributed by atoms with Crippen molar-refractivity contribution in [2.45, 2.75) is 12.0 Å². The first kappa shape index (κ1) is 14.9. The van der Waals surface area contributed by atoms with Crippen molar-refractivity contribution in [1.29, 1.82) is 0 Å². The fraction of sp³-hybridized carbons (Fsp3) is 0.333. The Morgan fingerprint density at radius 3 is 2.70 bits per heavy atom. The minimum atomic E-state index is -1.41. The number of nitrogens with one attached hydrogen (secondary N) is 2. The molecule has 0 saturated carbocycles. The molecule has 0 radical (unpaired) electrons. The molecule has 20 heavy (non-hydrogen) atoms. The lowest BCUT2D eigenvalue weighted by atomic mass is 9.99. The van der Waals surface area contributed by atoms with Crippen LogP contribution in [-0.2, 0) is 9.53 Å². The van der Waals surface area contributed by atoms with E-state index in [1.807, 2.05) is 0 Å². The summed E-state index contributed by atoms with van der Waals surface area (Å²) in [5.41, 5.74) is -1.11. The topological polar surface area (TPSA) is 87.7 Å². The van der Waals surface area contributed by atoms with Gasteiger partial charge in [0.15, 0.2) is 5.54 Å². The molecular formula is C12H12Cl2N2O4. The van der Waals surface area contributed by atoms with Crippen molar-refractivity contribution >= 4 is 40.9 Å². The van der Waals surface area contributed by atoms with E-state index in [0.29, 0.717) is 10.7 Å². The maximum absolute atomic E-state index is 11.9. The molecule has 1 heterocycles. The molecule has 1 aliphatic heterocycles. The number of carboxylic acid groups (broad SMARTS) is 1. The van der Waals surface area contributed by atoms with Crippen LogP contribution in [0.3, 0.4) is 0 Å². The van der Waals surface area contributed by atoms with Gasteiger partial charge in [0.05, 0.1) is 22.3 Å². The highest BCUT2D eigenvalue weighted by atomic mass is 35.5. The second-order valence-corrected chi connectivity index (χ2v) is 5.16. The van der Waals surface area contributed by atoms with E-state index in [1.54, 1.807) is 18.2 Å². The lowest BCUT2D eigenvalue weighted by Gasteiger charge is -2.24. The molecule has 1 aromatic rings. The number of carbonyl (C=O) groups is 2. The van der Waals surface area contributed by atoms with E-state index < -0.39 is 17.5 Å². The lowest BCUT2D eigenvalue weighted by molar-refractivity contribution is -0.144. The van der Waals surface area contributed by atoms with E-state index in [1.165, 1.54) is 0 Å². The third-order valence-electron chi connectivity index (χ3n) is 2.98. The van der Waals surface area contributed by atoms with Crippen LogP contribution in [0, 0.1) is 0 Å². The molecule has 1 unspecified atom stereocenters. The van der Waals surface area contributed by atoms with Crippen LogP contribution < -0.4 is 10.6 Å². The highest BCUT2D eigenvalue weighted by molar-refractivity contribution is 6.43. The molecule has 8 heteroatoms. The first-order chi connectivity index (χ1) is 9.44. The summed E-state index contributed by atoms with van der Waals surface area (Å²) in [5.74, 6) is -1.14. The number of benzene rings is 1. The number of halogens is 2. The zero-order chi connectivity index (χ0) is 14.8. The number of carboxylic acids is 1. The monoisotopic (exact) mass is 318 g/mol. The fourth-order valence-corrected chi connectivity index (χ4v) is 2.20. The van der Waals surface area contributed by atoms with Gasteiger partial charge < -0.3 is 20.5 Å². The molecule has 108 valence electrons. The zero-order valence-electron chi connectivity index (χ0n) is 10.3. The Kier molecular flexibility index (Phi) is 4.37. The van der Waals surface area contributed by atoms with E-state index in [4.69, 9.17) is 27.9 Å². The number of carbonyl (C=O) groups excluding carboxylic acids is 1. The highest BCUT2D eigenvalue weighted by Crippen LogP contribution is 2.29. The summed E-state index contributed by atoms with van der Waals surface area (Å²) >= 11 is 11.8. The summed E-state index contributed by atoms with van der Waals surface area (Å²) in [5, 5.41) is 14.6. The SMILES string of the molecule is O=C(Nc1cccc(Cl)c1Cl)NC1(C(=O)O)CCOC1. The second-order valence-electron chi connectivity index (χ2n) is 4.37. The summed E-state index contributed by atoms with van der Waals surface area (Å²) in [6.45, 7) is 0.212. The third-order valence-corrected chi connectivity index (χ3v) is 3.80. The molecule has 1 aliphatic rings. The van der Waals surface area contributed by atoms with Crippen molar-refractivity contribution in [1.82, 2.24) is 5.32 Å². The average molecular weight is 319 g/mol. The van der Waals surface area contributed by atoms with Gasteiger partial charge in [0.25, 0.3) is 0 Å². The molecule has 2 amide bonds. The van der Waals surface area contributed by atoms with Gasteiger partial charge in [0.2, 0.25) is 0 Å². The van der Waals surface area contributed by atoms with E-state index in [-0.39, 0.29) is 24.7 Å². The van der Waals surface area contributed by atoms with Crippen LogP contribution in [-0.4, -0.2) is 35.9 Å². The predicted octanol–water partition coefficient (Wildman–Crippen LogP) is 2.36. The molecule has 1 atom stereocenters. The molecule has 0 aliphatic carbocycles. The Balaban J connectivity index is 2.09. The van der Waals surface area contributed by atoms with Crippen molar-refractivity contribution in [2.24, 2.45) is 0 Å². The van der Waals surface area contributed by atoms with Crippen LogP contribution in [0.1, 0.15) is 6.42 Å². The van der Waals surface area contributed by atoms with Crippen molar-refractivity contribution in [2.75, 3.05) is 18.5 Å². The van der Waals surface area contributed by atoms with E-state index in [9.17, 15) is 14.7 Å². The van der Waals surface area contributed by atoms with Crippen LogP contribution in [0.15, 0.2) is 18.2 Å². The van der Waals surface area contributed by atoms with E-state index in [2.05, 4.69) is 10.6 Å². The maximum Gasteiger partial charge on any atom is 0.332 e. The molecule has 3 N–H and O–H groups in total. The molecule has 0 spiro atoms. The Bertz CT molecular complexity index is 544. The van der Waals surface area contributed by atoms with Gasteiger partial charge in [0, 0.05) is 13.0 Å². The third kappa shape index (κ3) is 2.98. The van der Waals surface area contributed by atoms with Crippen LogP contribution in [0.5, 0.6) is 0 Å². The number of aliphatic carboxylic acids is 1. The van der Waals surface area contributed by atoms with Gasteiger partial charge in [-0.2, -0.15) is 0 Å². The molecule has 2 rings (SSSR count). The molecule has 6 nitrogen and oxygen atoms in total. The largest absolute Gasteiger partial charge is 0.479 e. The lowest BCUT2D eigenvalue weighted by Crippen LogP contribution is -2.56. The first-order valence-electron chi connectivity index (χ1n) is 5.79. The fourth-order valence-electron chi connectivity index (χ4n) is 1.86. The number of amides is 2. The molecular weight excluding hydrogens is 307 g/mol. The molecule has 1 saturated heterocycles. The standard InChI is InChI=1S/C12H12Cl2N2O4/c13-7-2-1-3-8(9(7)14)15-11(19)16-12(10(17)18)4-5-20-6-12/h1-3H,4-6H2,(H,17,18)(H2,15,16,19). The van der Waals surface area contributed by atoms with Crippen molar-refractivity contribution in [3.63, 3.8) is 0 Å². The van der Waals surface area contributed by atoms with Crippen molar-refractivity contribution < 1.29 is 19.4 Å². The Morgan fingerprint density at radius 2 is 2.10 bits per heavy atom. The normalized spacial score (nSPS) is 21.5. The first-order valence-corrected chi connectivity index (χ1v) is 6.54. The second kappa shape index (κ2) is 5.87. The summed E-state index contributed by atoms with van der Waals surface area (Å²) in [4.78, 5) is 23.2. The molecule has 1 aromatic carbocycles. The highest BCUT2D eigenvalue weighted by Gasteiger charge is 2.44. The number of anilines is 1. The Hall–Kier alpha value is -1.50. The van der Waals surface area contributed by atoms with Crippen molar-refractivity contribution in [3.8, 4) is 0 Å². The predicted molar refractivity (Wildman–Crippen MR) is 74.4 cm³/mol. The minimum absolute atomic E-state index is 0.0704. The summed E-state index contributed by atoms with van der Waals surface area (Å²) in [6, 6.07) is 4.08. The van der Waals surface area contributed by atoms with Gasteiger partial charge in [-0.05, 0) is 12.1 Å². The number of urea groups is 1. The Labute approximate surface area is 125 Å². The number of ether oxygens (including phenoxy) is 1. The van der Waals surface area contributed by atoms with E-state index in [0.717, 1.165) is 0 Å². The van der Waals surface area contributed by atoms with Gasteiger partial charge in [-0.3, -0.25) is 0 Å². The Morgan fingerprint density at radius 1 is 1.35 bits per heavy atom. The summed E-state index contributed by atoms with van der Waals surface area (Å²) in [6.07, 6.45) is 0.207. The van der Waals surface area contributed by atoms with Gasteiger partial charge in [-0.1, -0.05) is 29.3 Å². The minimum Gasteiger partial charge on any atom is -0.479 e. The molecule has 0 bridgehead atoms. The molecule has 0 aromatic heterocycles. The van der Waals surface area contributed by atoms with Gasteiger partial charge in [-0.15, -0.1) is 0 Å². The van der Waals surface area contributed by atoms with Crippen molar-refractivity contribution in [3.05, 3.63) is 28.2 Å². The average Bonchev–Trinajstić information content (AvgIpc) is 2.85. The summed E-state index contributed by atoms with van der Waals surface area (Å²) < 4.78 is 5.05. The van der Waals surface area contributed by atoms with E-state index >= 15 is 0 Å². The maximum atomic E-state index is 11.9. The van der Waals surface area contributed by atoms with Crippen LogP contribution in [0.4, 0.5) is 10.5 Å². The quantitative estimate of drug-likeness (QED) is 0.798. The molecule has 1 fully saturated rings. The number of rotatable bonds is 3. The van der Waals surface area contributed by atoms with Crippen LogP contribution in [0.25, 0.3) is 0 Å². The number of hydrogen-bond acceptors (Lipinski definition) is 3. The summed E-state index contributed by atoms with van der Waals surface area (Å²) in [7, 11) is 0. The smallest absolute Gasteiger partial charge is 0.332 e. The number of hydrogen-bond donors (Lipinski definition) is 3. The van der Waals surface area contributed by atoms with Gasteiger partial charge in [0.1, 0.15) is 0 Å². The van der Waals surface area contributed by atoms with Crippen LogP contribution >= 0.6 is 23.2 Å². The van der Waals surface area contributed by atoms with Crippen LogP contribution in [0.2, 0.25) is 10.0 Å².